The maximum atomic E-state index is 2.24. The van der Waals surface area contributed by atoms with Crippen molar-refractivity contribution in [3.8, 4) is 0 Å². The van der Waals surface area contributed by atoms with E-state index in [9.17, 15) is 0 Å². The van der Waals surface area contributed by atoms with Gasteiger partial charge in [0.25, 0.3) is 0 Å². The fourth-order valence-corrected chi connectivity index (χ4v) is 4.87. The van der Waals surface area contributed by atoms with Gasteiger partial charge in [-0.25, -0.2) is 0 Å². The van der Waals surface area contributed by atoms with Crippen molar-refractivity contribution >= 4 is 36.1 Å². The van der Waals surface area contributed by atoms with Crippen molar-refractivity contribution in [3.63, 3.8) is 0 Å². The van der Waals surface area contributed by atoms with Crippen molar-refractivity contribution in [1.82, 2.24) is 0 Å². The molecule has 0 saturated carbocycles. The van der Waals surface area contributed by atoms with Crippen LogP contribution in [0.3, 0.4) is 0 Å². The van der Waals surface area contributed by atoms with Crippen LogP contribution in [-0.4, -0.2) is 3.81 Å². The monoisotopic (exact) mass is 564 g/mol. The Balaban J connectivity index is 0.000000157. The molecule has 0 saturated heterocycles. The molecular weight excluding hydrogens is 539 g/mol. The summed E-state index contributed by atoms with van der Waals surface area (Å²) in [6.45, 7) is 0. The van der Waals surface area contributed by atoms with Crippen LogP contribution in [0, 0.1) is 0 Å². The van der Waals surface area contributed by atoms with Gasteiger partial charge in [0.2, 0.25) is 0 Å². The molecule has 0 nitrogen and oxygen atoms in total. The van der Waals surface area contributed by atoms with E-state index in [1.807, 2.05) is 12.1 Å². The Labute approximate surface area is 248 Å². The summed E-state index contributed by atoms with van der Waals surface area (Å²) >= 11 is 2.16. The molecule has 0 radical (unpaired) electrons. The summed E-state index contributed by atoms with van der Waals surface area (Å²) in [5, 5.41) is 8.05. The Bertz CT molecular complexity index is 1570. The minimum atomic E-state index is 0. The number of hydrogen-bond acceptors (Lipinski definition) is 0. The van der Waals surface area contributed by atoms with Gasteiger partial charge in [-0.2, -0.15) is 17.5 Å². The molecule has 0 aliphatic carbocycles. The van der Waals surface area contributed by atoms with Crippen LogP contribution in [0.4, 0.5) is 0 Å². The molecule has 0 spiro atoms. The van der Waals surface area contributed by atoms with Crippen LogP contribution >= 0.6 is 0 Å². The van der Waals surface area contributed by atoms with Crippen LogP contribution < -0.4 is 24.8 Å². The van der Waals surface area contributed by atoms with Crippen molar-refractivity contribution in [3.05, 3.63) is 169 Å². The molecule has 186 valence electrons. The summed E-state index contributed by atoms with van der Waals surface area (Å²) in [4.78, 5) is 0. The second-order valence-electron chi connectivity index (χ2n) is 8.58. The van der Waals surface area contributed by atoms with Gasteiger partial charge in [0.05, 0.1) is 0 Å². The van der Waals surface area contributed by atoms with E-state index in [2.05, 4.69) is 166 Å². The Morgan fingerprint density at radius 1 is 0.447 bits per heavy atom. The van der Waals surface area contributed by atoms with Crippen molar-refractivity contribution in [2.75, 3.05) is 0 Å². The first-order chi connectivity index (χ1) is 17.8. The van der Waals surface area contributed by atoms with Gasteiger partial charge >= 0.3 is 95.6 Å². The molecule has 0 aliphatic heterocycles. The molecule has 7 aromatic carbocycles. The maximum absolute atomic E-state index is 2.24. The maximum Gasteiger partial charge on any atom is -0.0771 e. The van der Waals surface area contributed by atoms with E-state index >= 15 is 0 Å². The van der Waals surface area contributed by atoms with Crippen molar-refractivity contribution in [1.29, 1.82) is 0 Å². The van der Waals surface area contributed by atoms with Crippen LogP contribution in [-0.2, 0) is 20.0 Å². The fraction of sp³-hybridized carbons (Fsp3) is 0. The smallest absolute Gasteiger partial charge is 0.0771 e. The van der Waals surface area contributed by atoms with Crippen molar-refractivity contribution < 1.29 is 44.8 Å². The minimum Gasteiger partial charge on any atom is -0.168 e. The molecule has 0 heterocycles. The summed E-state index contributed by atoms with van der Waals surface area (Å²) in [6, 6.07) is 54.9. The van der Waals surface area contributed by atoms with E-state index in [0.717, 1.165) is 0 Å². The predicted molar refractivity (Wildman–Crippen MR) is 153 cm³/mol. The molecule has 0 amide bonds. The molecule has 3 heteroatoms. The van der Waals surface area contributed by atoms with Gasteiger partial charge in [-0.15, -0.1) is 69.4 Å². The number of halogens is 2. The Hall–Kier alpha value is -3.26. The van der Waals surface area contributed by atoms with Gasteiger partial charge in [0.15, 0.2) is 0 Å². The first-order valence-corrected chi connectivity index (χ1v) is 12.9. The third-order valence-corrected chi connectivity index (χ3v) is 7.10. The minimum absolute atomic E-state index is 0. The number of rotatable bonds is 2. The van der Waals surface area contributed by atoms with Gasteiger partial charge in [-0.3, -0.25) is 0 Å². The molecule has 0 fully saturated rings. The third kappa shape index (κ3) is 7.19. The molecule has 0 N–H and O–H groups in total. The zero-order chi connectivity index (χ0) is 24.6. The largest absolute Gasteiger partial charge is 0.168 e. The summed E-state index contributed by atoms with van der Waals surface area (Å²) in [7, 11) is 0. The average molecular weight is 565 g/mol. The Morgan fingerprint density at radius 2 is 0.868 bits per heavy atom. The van der Waals surface area contributed by atoms with Crippen LogP contribution in [0.15, 0.2) is 158 Å². The first-order valence-electron chi connectivity index (χ1n) is 12.1. The van der Waals surface area contributed by atoms with E-state index in [-0.39, 0.29) is 24.8 Å². The summed E-state index contributed by atoms with van der Waals surface area (Å²) in [5.41, 5.74) is 2.58. The Kier molecular flexibility index (Phi) is 11.3. The molecule has 0 atom stereocenters. The first kappa shape index (κ1) is 29.3. The molecule has 0 unspecified atom stereocenters. The van der Waals surface area contributed by atoms with E-state index in [1.54, 1.807) is 0 Å². The number of fused-ring (bicyclic) bond motifs is 4. The van der Waals surface area contributed by atoms with Gasteiger partial charge < -0.3 is 24.8 Å². The second-order valence-corrected chi connectivity index (χ2v) is 9.36. The van der Waals surface area contributed by atoms with Crippen LogP contribution in [0.5, 0.6) is 0 Å². The zero-order valence-electron chi connectivity index (χ0n) is 20.8. The fourth-order valence-electron chi connectivity index (χ4n) is 4.35. The van der Waals surface area contributed by atoms with E-state index in [0.29, 0.717) is 0 Å². The van der Waals surface area contributed by atoms with Crippen LogP contribution in [0.1, 0.15) is 11.1 Å². The van der Waals surface area contributed by atoms with E-state index in [4.69, 9.17) is 0 Å². The third-order valence-electron chi connectivity index (χ3n) is 6.20. The topological polar surface area (TPSA) is 0 Å². The summed E-state index contributed by atoms with van der Waals surface area (Å²) in [6.07, 6.45) is 0. The van der Waals surface area contributed by atoms with Crippen molar-refractivity contribution in [2.45, 2.75) is 0 Å². The molecule has 7 rings (SSSR count). The molecule has 7 aromatic rings. The van der Waals surface area contributed by atoms with Gasteiger partial charge in [-0.05, 0) is 0 Å². The summed E-state index contributed by atoms with van der Waals surface area (Å²) < 4.78 is 1.33. The predicted octanol–water partition coefficient (Wildman–Crippen LogP) is 3.08. The molecular formula is C35H26Cl2Ti-2. The standard InChI is InChI=1S/C13H9.C13H10.C9H7.2ClH.Ti/c1-3-7-12-10(5-1)9-11-6-2-4-8-13(11)12;1-3-7-12(8-4-1)11-13-9-5-2-6-10-13;1-2-5-9-7-3-6-8(9)4-1;;;/h1-9H;1-10H;1-7H;2*1H;/q-1;;-1;;;+2/p-2. The second kappa shape index (κ2) is 14.6. The van der Waals surface area contributed by atoms with Gasteiger partial charge in [-0.1, -0.05) is 42.5 Å². The van der Waals surface area contributed by atoms with Crippen LogP contribution in [0.25, 0.3) is 32.3 Å². The SMILES string of the molecule is [Cl-].[Cl-].[Ti+2]=[C](c1ccccc1)c1ccccc1.c1ccc2[cH-]ccc2c1.c1ccc2c(c1)[cH-]c1ccccc12. The molecule has 38 heavy (non-hydrogen) atoms. The van der Waals surface area contributed by atoms with Crippen molar-refractivity contribution in [2.24, 2.45) is 0 Å². The molecule has 0 bridgehead atoms. The quantitative estimate of drug-likeness (QED) is 0.224. The number of hydrogen-bond donors (Lipinski definition) is 0. The average Bonchev–Trinajstić information content (AvgIpc) is 3.59. The van der Waals surface area contributed by atoms with Crippen LogP contribution in [0.2, 0.25) is 0 Å². The van der Waals surface area contributed by atoms with Gasteiger partial charge in [0, 0.05) is 0 Å². The molecule has 0 aliphatic rings. The van der Waals surface area contributed by atoms with E-state index < -0.39 is 0 Å². The Morgan fingerprint density at radius 3 is 1.37 bits per heavy atom. The van der Waals surface area contributed by atoms with E-state index in [1.165, 1.54) is 47.3 Å². The summed E-state index contributed by atoms with van der Waals surface area (Å²) in [5.74, 6) is 0. The zero-order valence-corrected chi connectivity index (χ0v) is 23.8. The van der Waals surface area contributed by atoms with Gasteiger partial charge in [0.1, 0.15) is 0 Å². The normalized spacial score (nSPS) is 9.84. The number of benzene rings is 5. The molecule has 0 aromatic heterocycles.